The van der Waals surface area contributed by atoms with Crippen LogP contribution in [0.3, 0.4) is 0 Å². The summed E-state index contributed by atoms with van der Waals surface area (Å²) in [6.45, 7) is 0. The van der Waals surface area contributed by atoms with E-state index in [2.05, 4.69) is 0 Å². The van der Waals surface area contributed by atoms with Crippen LogP contribution in [0.15, 0.2) is 39.8 Å². The molecule has 4 nitrogen and oxygen atoms in total. The Morgan fingerprint density at radius 2 is 2.22 bits per heavy atom. The van der Waals surface area contributed by atoms with Crippen LogP contribution in [0, 0.1) is 0 Å². The molecule has 1 heterocycles. The van der Waals surface area contributed by atoms with Crippen molar-refractivity contribution >= 4 is 35.0 Å². The molecule has 18 heavy (non-hydrogen) atoms. The average Bonchev–Trinajstić information content (AvgIpc) is 2.76. The van der Waals surface area contributed by atoms with Crippen molar-refractivity contribution in [1.82, 2.24) is 0 Å². The molecule has 1 aromatic heterocycles. The lowest BCUT2D eigenvalue weighted by atomic mass is 10.3. The smallest absolute Gasteiger partial charge is 0.339 e. The zero-order valence-corrected chi connectivity index (χ0v) is 10.8. The van der Waals surface area contributed by atoms with Gasteiger partial charge in [0, 0.05) is 10.6 Å². The van der Waals surface area contributed by atoms with E-state index >= 15 is 0 Å². The maximum atomic E-state index is 10.9. The van der Waals surface area contributed by atoms with Gasteiger partial charge in [0.05, 0.1) is 17.0 Å². The molecule has 0 amide bonds. The van der Waals surface area contributed by atoms with E-state index in [1.807, 2.05) is 0 Å². The molecule has 1 aromatic carbocycles. The molecule has 0 spiro atoms. The first-order valence-electron chi connectivity index (χ1n) is 5.05. The van der Waals surface area contributed by atoms with Crippen molar-refractivity contribution in [3.63, 3.8) is 0 Å². The van der Waals surface area contributed by atoms with Crippen LogP contribution < -0.4 is 5.73 Å². The largest absolute Gasteiger partial charge is 0.478 e. The molecule has 0 saturated carbocycles. The first-order valence-corrected chi connectivity index (χ1v) is 6.42. The van der Waals surface area contributed by atoms with E-state index in [0.29, 0.717) is 22.2 Å². The van der Waals surface area contributed by atoms with Crippen LogP contribution in [0.5, 0.6) is 0 Å². The lowest BCUT2D eigenvalue weighted by Gasteiger charge is -2.04. The van der Waals surface area contributed by atoms with Gasteiger partial charge in [0.25, 0.3) is 0 Å². The van der Waals surface area contributed by atoms with E-state index in [-0.39, 0.29) is 5.56 Å². The Bertz CT molecular complexity index is 582. The third-order valence-electron chi connectivity index (χ3n) is 2.29. The van der Waals surface area contributed by atoms with E-state index in [4.69, 9.17) is 26.9 Å². The summed E-state index contributed by atoms with van der Waals surface area (Å²) in [7, 11) is 0. The summed E-state index contributed by atoms with van der Waals surface area (Å²) in [6.07, 6.45) is 1.37. The number of nitrogens with two attached hydrogens (primary N) is 1. The first kappa shape index (κ1) is 12.9. The number of benzene rings is 1. The highest BCUT2D eigenvalue weighted by Crippen LogP contribution is 2.32. The van der Waals surface area contributed by atoms with Crippen molar-refractivity contribution in [3.05, 3.63) is 46.9 Å². The molecule has 2 aromatic rings. The minimum absolute atomic E-state index is 0.175. The molecule has 2 rings (SSSR count). The number of carboxylic acid groups (broad SMARTS) is 1. The van der Waals surface area contributed by atoms with E-state index in [1.165, 1.54) is 24.1 Å². The summed E-state index contributed by atoms with van der Waals surface area (Å²) in [5.41, 5.74) is 6.36. The number of nitrogen functional groups attached to an aromatic ring is 1. The maximum Gasteiger partial charge on any atom is 0.339 e. The summed E-state index contributed by atoms with van der Waals surface area (Å²) in [5.74, 6) is -0.179. The summed E-state index contributed by atoms with van der Waals surface area (Å²) in [5, 5.41) is 9.48. The fraction of sp³-hybridized carbons (Fsp3) is 0.0833. The molecule has 94 valence electrons. The number of aromatic carboxylic acids is 1. The monoisotopic (exact) mass is 283 g/mol. The Hall–Kier alpha value is -1.59. The van der Waals surface area contributed by atoms with Gasteiger partial charge in [0.15, 0.2) is 0 Å². The van der Waals surface area contributed by atoms with Crippen LogP contribution in [0.25, 0.3) is 0 Å². The fourth-order valence-corrected chi connectivity index (χ4v) is 2.64. The normalized spacial score (nSPS) is 10.5. The highest BCUT2D eigenvalue weighted by molar-refractivity contribution is 7.98. The van der Waals surface area contributed by atoms with E-state index in [1.54, 1.807) is 18.2 Å². The van der Waals surface area contributed by atoms with Gasteiger partial charge in [-0.15, -0.1) is 11.8 Å². The highest BCUT2D eigenvalue weighted by atomic mass is 35.5. The van der Waals surface area contributed by atoms with Crippen LogP contribution in [0.1, 0.15) is 16.1 Å². The second kappa shape index (κ2) is 5.37. The standard InChI is InChI=1S/C12H10ClNO3S/c13-9-5-7(14)1-2-11(9)18-6-10-8(12(15)16)3-4-17-10/h1-5H,6,14H2,(H,15,16). The van der Waals surface area contributed by atoms with Crippen molar-refractivity contribution in [2.75, 3.05) is 5.73 Å². The second-order valence-electron chi connectivity index (χ2n) is 3.54. The first-order chi connectivity index (χ1) is 8.58. The van der Waals surface area contributed by atoms with Gasteiger partial charge in [-0.1, -0.05) is 11.6 Å². The van der Waals surface area contributed by atoms with Crippen molar-refractivity contribution in [1.29, 1.82) is 0 Å². The Kier molecular flexibility index (Phi) is 3.84. The maximum absolute atomic E-state index is 10.9. The highest BCUT2D eigenvalue weighted by Gasteiger charge is 2.14. The molecule has 0 aliphatic heterocycles. The lowest BCUT2D eigenvalue weighted by molar-refractivity contribution is 0.0695. The number of anilines is 1. The topological polar surface area (TPSA) is 76.5 Å². The third-order valence-corrected chi connectivity index (χ3v) is 3.79. The van der Waals surface area contributed by atoms with Gasteiger partial charge in [-0.25, -0.2) is 4.79 Å². The van der Waals surface area contributed by atoms with Gasteiger partial charge < -0.3 is 15.3 Å². The third kappa shape index (κ3) is 2.80. The molecule has 0 atom stereocenters. The number of carboxylic acids is 1. The quantitative estimate of drug-likeness (QED) is 0.663. The SMILES string of the molecule is Nc1ccc(SCc2occc2C(=O)O)c(Cl)c1. The molecule has 6 heteroatoms. The molecule has 0 saturated heterocycles. The average molecular weight is 284 g/mol. The predicted molar refractivity (Wildman–Crippen MR) is 71.1 cm³/mol. The van der Waals surface area contributed by atoms with Gasteiger partial charge in [-0.3, -0.25) is 0 Å². The van der Waals surface area contributed by atoms with Crippen molar-refractivity contribution in [2.45, 2.75) is 10.6 Å². The Morgan fingerprint density at radius 1 is 1.44 bits per heavy atom. The summed E-state index contributed by atoms with van der Waals surface area (Å²) in [6, 6.07) is 6.63. The lowest BCUT2D eigenvalue weighted by Crippen LogP contribution is -1.97. The summed E-state index contributed by atoms with van der Waals surface area (Å²) < 4.78 is 5.14. The Balaban J connectivity index is 2.11. The minimum atomic E-state index is -0.997. The number of thioether (sulfide) groups is 1. The molecule has 0 fully saturated rings. The van der Waals surface area contributed by atoms with E-state index in [0.717, 1.165) is 4.90 Å². The molecule has 0 bridgehead atoms. The zero-order chi connectivity index (χ0) is 13.1. The van der Waals surface area contributed by atoms with Crippen LogP contribution in [0.2, 0.25) is 5.02 Å². The predicted octanol–water partition coefficient (Wildman–Crippen LogP) is 3.51. The zero-order valence-electron chi connectivity index (χ0n) is 9.22. The van der Waals surface area contributed by atoms with E-state index < -0.39 is 5.97 Å². The Labute approximate surface area is 113 Å². The van der Waals surface area contributed by atoms with Gasteiger partial charge in [0.2, 0.25) is 0 Å². The van der Waals surface area contributed by atoms with Crippen LogP contribution in [-0.2, 0) is 5.75 Å². The van der Waals surface area contributed by atoms with Crippen molar-refractivity contribution in [3.8, 4) is 0 Å². The number of carbonyl (C=O) groups is 1. The van der Waals surface area contributed by atoms with Gasteiger partial charge in [-0.2, -0.15) is 0 Å². The number of halogens is 1. The Morgan fingerprint density at radius 3 is 2.89 bits per heavy atom. The minimum Gasteiger partial charge on any atom is -0.478 e. The van der Waals surface area contributed by atoms with Gasteiger partial charge in [-0.05, 0) is 24.3 Å². The number of hydrogen-bond donors (Lipinski definition) is 2. The number of hydrogen-bond acceptors (Lipinski definition) is 4. The van der Waals surface area contributed by atoms with Crippen LogP contribution in [-0.4, -0.2) is 11.1 Å². The van der Waals surface area contributed by atoms with Gasteiger partial charge >= 0.3 is 5.97 Å². The van der Waals surface area contributed by atoms with E-state index in [9.17, 15) is 4.79 Å². The summed E-state index contributed by atoms with van der Waals surface area (Å²) >= 11 is 7.42. The fourth-order valence-electron chi connectivity index (χ4n) is 1.42. The molecule has 0 aliphatic carbocycles. The van der Waals surface area contributed by atoms with Crippen molar-refractivity contribution in [2.24, 2.45) is 0 Å². The van der Waals surface area contributed by atoms with Crippen molar-refractivity contribution < 1.29 is 14.3 Å². The van der Waals surface area contributed by atoms with Crippen LogP contribution >= 0.6 is 23.4 Å². The number of rotatable bonds is 4. The second-order valence-corrected chi connectivity index (χ2v) is 4.97. The molecule has 3 N–H and O–H groups in total. The molecular weight excluding hydrogens is 274 g/mol. The molecule has 0 aliphatic rings. The van der Waals surface area contributed by atoms with Gasteiger partial charge in [0.1, 0.15) is 11.3 Å². The molecular formula is C12H10ClNO3S. The molecule has 0 radical (unpaired) electrons. The molecule has 0 unspecified atom stereocenters. The summed E-state index contributed by atoms with van der Waals surface area (Å²) in [4.78, 5) is 11.7. The van der Waals surface area contributed by atoms with Crippen LogP contribution in [0.4, 0.5) is 5.69 Å². The number of furan rings is 1.